The lowest BCUT2D eigenvalue weighted by molar-refractivity contribution is -0.126. The first-order chi connectivity index (χ1) is 9.75. The van der Waals surface area contributed by atoms with Gasteiger partial charge in [0.15, 0.2) is 0 Å². The second kappa shape index (κ2) is 5.34. The maximum absolute atomic E-state index is 12.6. The van der Waals surface area contributed by atoms with Crippen LogP contribution in [-0.2, 0) is 14.8 Å². The van der Waals surface area contributed by atoms with E-state index in [0.29, 0.717) is 0 Å². The molecule has 9 heteroatoms. The number of aromatic carboxylic acids is 1. The Bertz CT molecular complexity index is 701. The van der Waals surface area contributed by atoms with E-state index in [1.54, 1.807) is 0 Å². The molecular weight excluding hydrogens is 298 g/mol. The van der Waals surface area contributed by atoms with Crippen molar-refractivity contribution in [3.63, 3.8) is 0 Å². The van der Waals surface area contributed by atoms with E-state index < -0.39 is 22.0 Å². The van der Waals surface area contributed by atoms with Crippen LogP contribution in [0.1, 0.15) is 17.3 Å². The summed E-state index contributed by atoms with van der Waals surface area (Å²) < 4.78 is 26.2. The number of piperazine rings is 1. The van der Waals surface area contributed by atoms with Crippen LogP contribution in [0.2, 0.25) is 0 Å². The molecule has 2 rings (SSSR count). The molecule has 1 aliphatic heterocycles. The Morgan fingerprint density at radius 3 is 2.71 bits per heavy atom. The highest BCUT2D eigenvalue weighted by Gasteiger charge is 2.36. The highest BCUT2D eigenvalue weighted by Crippen LogP contribution is 2.25. The normalized spacial score (nSPS) is 20.0. The predicted molar refractivity (Wildman–Crippen MR) is 74.2 cm³/mol. The largest absolute Gasteiger partial charge is 0.478 e. The number of nitrogens with zero attached hydrogens (tertiary/aromatic N) is 1. The molecule has 1 aromatic rings. The van der Waals surface area contributed by atoms with Crippen molar-refractivity contribution in [2.24, 2.45) is 0 Å². The number of anilines is 1. The number of carbonyl (C=O) groups excluding carboxylic acids is 1. The molecule has 21 heavy (non-hydrogen) atoms. The number of nitrogens with two attached hydrogens (primary N) is 1. The molecule has 0 radical (unpaired) electrons. The van der Waals surface area contributed by atoms with Crippen LogP contribution in [0.15, 0.2) is 23.1 Å². The SMILES string of the molecule is CC1C(=O)NCCN1S(=O)(=O)c1ccc(C(=O)O)cc1N. The van der Waals surface area contributed by atoms with Gasteiger partial charge in [-0.15, -0.1) is 0 Å². The second-order valence-electron chi connectivity index (χ2n) is 4.64. The third kappa shape index (κ3) is 2.69. The van der Waals surface area contributed by atoms with Gasteiger partial charge in [-0.25, -0.2) is 13.2 Å². The zero-order valence-corrected chi connectivity index (χ0v) is 12.1. The zero-order valence-electron chi connectivity index (χ0n) is 11.2. The van der Waals surface area contributed by atoms with Crippen molar-refractivity contribution >= 4 is 27.6 Å². The molecule has 0 aliphatic carbocycles. The van der Waals surface area contributed by atoms with Crippen molar-refractivity contribution in [3.8, 4) is 0 Å². The number of nitrogen functional groups attached to an aromatic ring is 1. The van der Waals surface area contributed by atoms with Crippen LogP contribution in [0, 0.1) is 0 Å². The van der Waals surface area contributed by atoms with Crippen LogP contribution in [-0.4, -0.2) is 48.8 Å². The standard InChI is InChI=1S/C12H15N3O5S/c1-7-11(16)14-4-5-15(7)21(19,20)10-3-2-8(12(17)18)6-9(10)13/h2-3,6-7H,4-5,13H2,1H3,(H,14,16)(H,17,18). The molecule has 1 aliphatic rings. The van der Waals surface area contributed by atoms with E-state index in [1.807, 2.05) is 0 Å². The summed E-state index contributed by atoms with van der Waals surface area (Å²) in [5.41, 5.74) is 5.40. The van der Waals surface area contributed by atoms with E-state index in [9.17, 15) is 18.0 Å². The first-order valence-electron chi connectivity index (χ1n) is 6.17. The third-order valence-electron chi connectivity index (χ3n) is 3.29. The monoisotopic (exact) mass is 313 g/mol. The third-order valence-corrected chi connectivity index (χ3v) is 5.33. The number of rotatable bonds is 3. The molecular formula is C12H15N3O5S. The summed E-state index contributed by atoms with van der Waals surface area (Å²) in [5.74, 6) is -1.58. The molecule has 1 aromatic carbocycles. The van der Waals surface area contributed by atoms with Crippen LogP contribution in [0.5, 0.6) is 0 Å². The van der Waals surface area contributed by atoms with Gasteiger partial charge < -0.3 is 16.2 Å². The van der Waals surface area contributed by atoms with Crippen molar-refractivity contribution in [2.75, 3.05) is 18.8 Å². The fourth-order valence-electron chi connectivity index (χ4n) is 2.13. The van der Waals surface area contributed by atoms with Gasteiger partial charge in [0.1, 0.15) is 10.9 Å². The Balaban J connectivity index is 2.44. The average Bonchev–Trinajstić information content (AvgIpc) is 2.41. The van der Waals surface area contributed by atoms with Gasteiger partial charge in [-0.2, -0.15) is 4.31 Å². The zero-order chi connectivity index (χ0) is 15.8. The summed E-state index contributed by atoms with van der Waals surface area (Å²) in [4.78, 5) is 22.2. The van der Waals surface area contributed by atoms with Crippen LogP contribution in [0.4, 0.5) is 5.69 Å². The molecule has 1 heterocycles. The summed E-state index contributed by atoms with van der Waals surface area (Å²) in [7, 11) is -3.96. The maximum atomic E-state index is 12.6. The molecule has 0 bridgehead atoms. The Labute approximate surface area is 121 Å². The Hall–Kier alpha value is -2.13. The highest BCUT2D eigenvalue weighted by atomic mass is 32.2. The van der Waals surface area contributed by atoms with E-state index in [-0.39, 0.29) is 35.1 Å². The topological polar surface area (TPSA) is 130 Å². The average molecular weight is 313 g/mol. The van der Waals surface area contributed by atoms with Crippen molar-refractivity contribution in [1.29, 1.82) is 0 Å². The van der Waals surface area contributed by atoms with Crippen molar-refractivity contribution in [3.05, 3.63) is 23.8 Å². The summed E-state index contributed by atoms with van der Waals surface area (Å²) in [5, 5.41) is 11.4. The summed E-state index contributed by atoms with van der Waals surface area (Å²) in [6, 6.07) is 2.56. The van der Waals surface area contributed by atoms with Gasteiger partial charge in [0.05, 0.1) is 11.3 Å². The molecule has 1 amide bonds. The van der Waals surface area contributed by atoms with Crippen LogP contribution in [0.3, 0.4) is 0 Å². The molecule has 0 saturated carbocycles. The Morgan fingerprint density at radius 2 is 2.14 bits per heavy atom. The number of carboxylic acid groups (broad SMARTS) is 1. The number of nitrogens with one attached hydrogen (secondary N) is 1. The number of sulfonamides is 1. The molecule has 8 nitrogen and oxygen atoms in total. The number of carbonyl (C=O) groups is 2. The number of amides is 1. The van der Waals surface area contributed by atoms with E-state index in [2.05, 4.69) is 5.32 Å². The molecule has 0 spiro atoms. The van der Waals surface area contributed by atoms with Crippen LogP contribution >= 0.6 is 0 Å². The maximum Gasteiger partial charge on any atom is 0.335 e. The van der Waals surface area contributed by atoms with Crippen LogP contribution in [0.25, 0.3) is 0 Å². The molecule has 114 valence electrons. The fourth-order valence-corrected chi connectivity index (χ4v) is 3.83. The Morgan fingerprint density at radius 1 is 1.48 bits per heavy atom. The lowest BCUT2D eigenvalue weighted by Gasteiger charge is -2.32. The summed E-state index contributed by atoms with van der Waals surface area (Å²) in [6.07, 6.45) is 0. The minimum absolute atomic E-state index is 0.101. The van der Waals surface area contributed by atoms with Gasteiger partial charge in [-0.3, -0.25) is 4.79 Å². The molecule has 1 unspecified atom stereocenters. The van der Waals surface area contributed by atoms with Gasteiger partial charge in [-0.05, 0) is 25.1 Å². The van der Waals surface area contributed by atoms with E-state index in [0.717, 1.165) is 16.4 Å². The van der Waals surface area contributed by atoms with E-state index in [1.165, 1.54) is 13.0 Å². The molecule has 4 N–H and O–H groups in total. The van der Waals surface area contributed by atoms with Crippen molar-refractivity contribution in [1.82, 2.24) is 9.62 Å². The van der Waals surface area contributed by atoms with E-state index >= 15 is 0 Å². The van der Waals surface area contributed by atoms with Gasteiger partial charge in [0, 0.05) is 13.1 Å². The number of benzene rings is 1. The summed E-state index contributed by atoms with van der Waals surface area (Å²) >= 11 is 0. The first-order valence-corrected chi connectivity index (χ1v) is 7.61. The number of hydrogen-bond donors (Lipinski definition) is 3. The second-order valence-corrected chi connectivity index (χ2v) is 6.50. The van der Waals surface area contributed by atoms with Gasteiger partial charge in [0.2, 0.25) is 15.9 Å². The van der Waals surface area contributed by atoms with E-state index in [4.69, 9.17) is 10.8 Å². The van der Waals surface area contributed by atoms with Gasteiger partial charge in [-0.1, -0.05) is 0 Å². The minimum Gasteiger partial charge on any atom is -0.478 e. The van der Waals surface area contributed by atoms with Gasteiger partial charge >= 0.3 is 5.97 Å². The van der Waals surface area contributed by atoms with Crippen molar-refractivity contribution < 1.29 is 23.1 Å². The lowest BCUT2D eigenvalue weighted by atomic mass is 10.2. The molecule has 1 fully saturated rings. The van der Waals surface area contributed by atoms with Crippen LogP contribution < -0.4 is 11.1 Å². The molecule has 0 aromatic heterocycles. The highest BCUT2D eigenvalue weighted by molar-refractivity contribution is 7.89. The molecule has 1 saturated heterocycles. The molecule has 1 atom stereocenters. The lowest BCUT2D eigenvalue weighted by Crippen LogP contribution is -2.55. The van der Waals surface area contributed by atoms with Crippen molar-refractivity contribution in [2.45, 2.75) is 17.9 Å². The quantitative estimate of drug-likeness (QED) is 0.644. The predicted octanol–water partition coefficient (Wildman–Crippen LogP) is -0.524. The fraction of sp³-hybridized carbons (Fsp3) is 0.333. The minimum atomic E-state index is -3.96. The number of hydrogen-bond acceptors (Lipinski definition) is 5. The first kappa shape index (κ1) is 15.3. The Kier molecular flexibility index (Phi) is 3.88. The number of carboxylic acids is 1. The summed E-state index contributed by atoms with van der Waals surface area (Å²) in [6.45, 7) is 1.83. The smallest absolute Gasteiger partial charge is 0.335 e. The van der Waals surface area contributed by atoms with Gasteiger partial charge in [0.25, 0.3) is 0 Å².